The van der Waals surface area contributed by atoms with Crippen molar-refractivity contribution in [3.05, 3.63) is 53.9 Å². The van der Waals surface area contributed by atoms with Crippen molar-refractivity contribution >= 4 is 22.6 Å². The van der Waals surface area contributed by atoms with Gasteiger partial charge in [0.1, 0.15) is 17.0 Å². The number of nitrogens with zero attached hydrogens (tertiary/aromatic N) is 3. The van der Waals surface area contributed by atoms with E-state index in [4.69, 9.17) is 4.74 Å². The minimum absolute atomic E-state index is 0.164. The number of pyridine rings is 1. The molecule has 2 N–H and O–H groups in total. The van der Waals surface area contributed by atoms with Gasteiger partial charge in [0, 0.05) is 56.8 Å². The van der Waals surface area contributed by atoms with Crippen LogP contribution in [0.25, 0.3) is 11.0 Å². The normalized spacial score (nSPS) is 20.3. The third-order valence-corrected chi connectivity index (χ3v) is 6.51. The van der Waals surface area contributed by atoms with Gasteiger partial charge in [0.25, 0.3) is 5.91 Å². The second kappa shape index (κ2) is 8.23. The average Bonchev–Trinajstić information content (AvgIpc) is 3.34. The number of amides is 1. The Morgan fingerprint density at radius 2 is 1.94 bits per heavy atom. The average molecular weight is 420 g/mol. The Bertz CT molecular complexity index is 1080. The number of rotatable bonds is 6. The minimum atomic E-state index is -0.164. The fourth-order valence-electron chi connectivity index (χ4n) is 4.87. The third-order valence-electron chi connectivity index (χ3n) is 6.51. The molecule has 2 saturated heterocycles. The monoisotopic (exact) mass is 419 g/mol. The highest BCUT2D eigenvalue weighted by Crippen LogP contribution is 2.29. The molecule has 2 aliphatic heterocycles. The van der Waals surface area contributed by atoms with Gasteiger partial charge in [-0.05, 0) is 43.0 Å². The van der Waals surface area contributed by atoms with Gasteiger partial charge in [-0.3, -0.25) is 4.79 Å². The van der Waals surface area contributed by atoms with E-state index in [1.165, 1.54) is 24.1 Å². The summed E-state index contributed by atoms with van der Waals surface area (Å²) in [5.41, 5.74) is 3.76. The SMILES string of the molecule is COc1c(C(=O)NCCc2ccc(N3CC4CCC(C3)N4)cc2)cnc2c1ccn2C. The first-order valence-corrected chi connectivity index (χ1v) is 11.0. The number of fused-ring (bicyclic) bond motifs is 3. The molecule has 31 heavy (non-hydrogen) atoms. The summed E-state index contributed by atoms with van der Waals surface area (Å²) in [6.45, 7) is 2.74. The Kier molecular flexibility index (Phi) is 5.28. The summed E-state index contributed by atoms with van der Waals surface area (Å²) in [5.74, 6) is 0.403. The van der Waals surface area contributed by atoms with Crippen LogP contribution in [0.1, 0.15) is 28.8 Å². The van der Waals surface area contributed by atoms with Gasteiger partial charge in [-0.1, -0.05) is 12.1 Å². The lowest BCUT2D eigenvalue weighted by Crippen LogP contribution is -2.51. The summed E-state index contributed by atoms with van der Waals surface area (Å²) in [6.07, 6.45) is 6.86. The van der Waals surface area contributed by atoms with Crippen LogP contribution in [0.3, 0.4) is 0 Å². The summed E-state index contributed by atoms with van der Waals surface area (Å²) in [5, 5.41) is 7.53. The number of aromatic nitrogens is 2. The number of anilines is 1. The predicted molar refractivity (Wildman–Crippen MR) is 122 cm³/mol. The zero-order chi connectivity index (χ0) is 21.4. The lowest BCUT2D eigenvalue weighted by Gasteiger charge is -2.34. The van der Waals surface area contributed by atoms with Crippen molar-refractivity contribution in [2.45, 2.75) is 31.3 Å². The van der Waals surface area contributed by atoms with Crippen LogP contribution in [0.15, 0.2) is 42.7 Å². The van der Waals surface area contributed by atoms with Crippen molar-refractivity contribution in [3.63, 3.8) is 0 Å². The van der Waals surface area contributed by atoms with Crippen molar-refractivity contribution in [1.29, 1.82) is 0 Å². The standard InChI is InChI=1S/C24H29N5O2/c1-28-12-10-20-22(31-2)21(13-26-23(20)28)24(30)25-11-9-16-3-7-19(8-4-16)29-14-17-5-6-18(15-29)27-17/h3-4,7-8,10,12-13,17-18,27H,5-6,9,11,14-15H2,1-2H3,(H,25,30). The second-order valence-electron chi connectivity index (χ2n) is 8.58. The molecule has 0 saturated carbocycles. The predicted octanol–water partition coefficient (Wildman–Crippen LogP) is 2.50. The lowest BCUT2D eigenvalue weighted by molar-refractivity contribution is 0.0951. The van der Waals surface area contributed by atoms with Gasteiger partial charge in [0.2, 0.25) is 0 Å². The maximum Gasteiger partial charge on any atom is 0.256 e. The van der Waals surface area contributed by atoms with E-state index in [-0.39, 0.29) is 5.91 Å². The van der Waals surface area contributed by atoms with Crippen LogP contribution in [0.2, 0.25) is 0 Å². The molecule has 2 bridgehead atoms. The number of carbonyl (C=O) groups excluding carboxylic acids is 1. The summed E-state index contributed by atoms with van der Waals surface area (Å²) >= 11 is 0. The molecule has 2 atom stereocenters. The maximum atomic E-state index is 12.7. The van der Waals surface area contributed by atoms with Gasteiger partial charge in [0.05, 0.1) is 12.5 Å². The lowest BCUT2D eigenvalue weighted by atomic mass is 10.1. The van der Waals surface area contributed by atoms with E-state index in [2.05, 4.69) is 44.8 Å². The quantitative estimate of drug-likeness (QED) is 0.642. The van der Waals surface area contributed by atoms with Gasteiger partial charge in [-0.2, -0.15) is 0 Å². The van der Waals surface area contributed by atoms with Crippen LogP contribution in [0.4, 0.5) is 5.69 Å². The van der Waals surface area contributed by atoms with Gasteiger partial charge in [0.15, 0.2) is 0 Å². The molecule has 7 nitrogen and oxygen atoms in total. The molecule has 5 rings (SSSR count). The van der Waals surface area contributed by atoms with Crippen molar-refractivity contribution in [2.75, 3.05) is 31.6 Å². The molecule has 2 fully saturated rings. The van der Waals surface area contributed by atoms with Gasteiger partial charge in [-0.25, -0.2) is 4.98 Å². The second-order valence-corrected chi connectivity index (χ2v) is 8.58. The van der Waals surface area contributed by atoms with Gasteiger partial charge in [-0.15, -0.1) is 0 Å². The number of piperazine rings is 1. The molecule has 0 spiro atoms. The molecule has 2 aromatic heterocycles. The van der Waals surface area contributed by atoms with Crippen LogP contribution in [0, 0.1) is 0 Å². The van der Waals surface area contributed by atoms with Crippen LogP contribution >= 0.6 is 0 Å². The van der Waals surface area contributed by atoms with E-state index in [1.807, 2.05) is 23.9 Å². The van der Waals surface area contributed by atoms with Gasteiger partial charge >= 0.3 is 0 Å². The van der Waals surface area contributed by atoms with Crippen molar-refractivity contribution in [1.82, 2.24) is 20.2 Å². The number of nitrogens with one attached hydrogen (secondary N) is 2. The molecule has 1 amide bonds. The molecule has 2 aliphatic rings. The molecule has 1 aromatic carbocycles. The fraction of sp³-hybridized carbons (Fsp3) is 0.417. The van der Waals surface area contributed by atoms with E-state index in [9.17, 15) is 4.79 Å². The van der Waals surface area contributed by atoms with Crippen LogP contribution in [-0.2, 0) is 13.5 Å². The minimum Gasteiger partial charge on any atom is -0.495 e. The molecule has 162 valence electrons. The largest absolute Gasteiger partial charge is 0.495 e. The number of benzene rings is 1. The van der Waals surface area contributed by atoms with E-state index in [0.29, 0.717) is 29.9 Å². The molecular weight excluding hydrogens is 390 g/mol. The molecular formula is C24H29N5O2. The Morgan fingerprint density at radius 1 is 1.19 bits per heavy atom. The Hall–Kier alpha value is -3.06. The first-order chi connectivity index (χ1) is 15.1. The number of hydrogen-bond acceptors (Lipinski definition) is 5. The first kappa shape index (κ1) is 19.9. The van der Waals surface area contributed by atoms with Crippen molar-refractivity contribution in [3.8, 4) is 5.75 Å². The highest BCUT2D eigenvalue weighted by Gasteiger charge is 2.32. The molecule has 7 heteroatoms. The summed E-state index contributed by atoms with van der Waals surface area (Å²) in [4.78, 5) is 19.7. The summed E-state index contributed by atoms with van der Waals surface area (Å²) in [7, 11) is 3.51. The molecule has 0 aliphatic carbocycles. The molecule has 4 heterocycles. The van der Waals surface area contributed by atoms with Crippen molar-refractivity contribution < 1.29 is 9.53 Å². The van der Waals surface area contributed by atoms with Gasteiger partial charge < -0.3 is 24.8 Å². The number of carbonyl (C=O) groups is 1. The van der Waals surface area contributed by atoms with E-state index in [1.54, 1.807) is 13.3 Å². The van der Waals surface area contributed by atoms with Crippen LogP contribution in [0.5, 0.6) is 5.75 Å². The number of methoxy groups -OCH3 is 1. The summed E-state index contributed by atoms with van der Waals surface area (Å²) < 4.78 is 7.44. The zero-order valence-electron chi connectivity index (χ0n) is 18.1. The van der Waals surface area contributed by atoms with E-state index >= 15 is 0 Å². The van der Waals surface area contributed by atoms with Crippen LogP contribution < -0.4 is 20.3 Å². The number of ether oxygens (including phenoxy) is 1. The number of hydrogen-bond donors (Lipinski definition) is 2. The first-order valence-electron chi connectivity index (χ1n) is 11.0. The van der Waals surface area contributed by atoms with E-state index < -0.39 is 0 Å². The van der Waals surface area contributed by atoms with Crippen LogP contribution in [-0.4, -0.2) is 54.3 Å². The Balaban J connectivity index is 1.19. The maximum absolute atomic E-state index is 12.7. The summed E-state index contributed by atoms with van der Waals surface area (Å²) in [6, 6.07) is 11.9. The van der Waals surface area contributed by atoms with Crippen molar-refractivity contribution in [2.24, 2.45) is 7.05 Å². The number of aryl methyl sites for hydroxylation is 1. The molecule has 2 unspecified atom stereocenters. The molecule has 0 radical (unpaired) electrons. The van der Waals surface area contributed by atoms with E-state index in [0.717, 1.165) is 30.5 Å². The molecule has 3 aromatic rings. The smallest absolute Gasteiger partial charge is 0.256 e. The highest BCUT2D eigenvalue weighted by atomic mass is 16.5. The fourth-order valence-corrected chi connectivity index (χ4v) is 4.87. The zero-order valence-corrected chi connectivity index (χ0v) is 18.1. The third kappa shape index (κ3) is 3.85. The highest BCUT2D eigenvalue weighted by molar-refractivity contribution is 6.02. The topological polar surface area (TPSA) is 71.4 Å². The Morgan fingerprint density at radius 3 is 2.65 bits per heavy atom. The Labute approximate surface area is 182 Å².